The highest BCUT2D eigenvalue weighted by Gasteiger charge is 2.19. The number of benzene rings is 2. The summed E-state index contributed by atoms with van der Waals surface area (Å²) in [6.07, 6.45) is 1.52. The van der Waals surface area contributed by atoms with Crippen molar-refractivity contribution < 1.29 is 19.1 Å². The molecule has 0 amide bonds. The number of carbonyl (C=O) groups is 2. The number of methoxy groups -OCH3 is 1. The molecule has 5 heteroatoms. The van der Waals surface area contributed by atoms with E-state index in [0.717, 1.165) is 5.56 Å². The summed E-state index contributed by atoms with van der Waals surface area (Å²) >= 11 is 0. The summed E-state index contributed by atoms with van der Waals surface area (Å²) in [4.78, 5) is 25.1. The van der Waals surface area contributed by atoms with Gasteiger partial charge in [-0.1, -0.05) is 30.3 Å². The van der Waals surface area contributed by atoms with Crippen molar-refractivity contribution in [3.63, 3.8) is 0 Å². The molecule has 132 valence electrons. The molecule has 1 aromatic heterocycles. The lowest BCUT2D eigenvalue weighted by atomic mass is 10.1. The molecule has 0 unspecified atom stereocenters. The van der Waals surface area contributed by atoms with Crippen LogP contribution in [0.1, 0.15) is 27.6 Å². The molecule has 0 radical (unpaired) electrons. The normalized spacial score (nSPS) is 10.4. The summed E-state index contributed by atoms with van der Waals surface area (Å²) < 4.78 is 11.7. The zero-order valence-electron chi connectivity index (χ0n) is 14.6. The predicted octanol–water partition coefficient (Wildman–Crippen LogP) is 4.03. The summed E-state index contributed by atoms with van der Waals surface area (Å²) in [7, 11) is 1.57. The second-order valence-corrected chi connectivity index (χ2v) is 5.60. The van der Waals surface area contributed by atoms with Crippen LogP contribution in [0.25, 0.3) is 11.3 Å². The molecule has 0 saturated carbocycles. The van der Waals surface area contributed by atoms with E-state index in [1.165, 1.54) is 10.8 Å². The lowest BCUT2D eigenvalue weighted by Crippen LogP contribution is -2.12. The lowest BCUT2D eigenvalue weighted by Gasteiger charge is -2.08. The van der Waals surface area contributed by atoms with Crippen LogP contribution >= 0.6 is 0 Å². The average molecular weight is 349 g/mol. The molecule has 26 heavy (non-hydrogen) atoms. The van der Waals surface area contributed by atoms with Crippen LogP contribution in [0.15, 0.2) is 66.9 Å². The summed E-state index contributed by atoms with van der Waals surface area (Å²) in [6.45, 7) is 2.02. The standard InChI is InChI=1S/C21H19NO4/c1-3-26-21(24)17-13-19(15-7-5-4-6-8-15)22(14-17)20(23)16-9-11-18(25-2)12-10-16/h4-14H,3H2,1-2H3. The number of hydrogen-bond acceptors (Lipinski definition) is 4. The molecular formula is C21H19NO4. The molecule has 3 rings (SSSR count). The summed E-state index contributed by atoms with van der Waals surface area (Å²) in [5, 5.41) is 0. The quantitative estimate of drug-likeness (QED) is 0.653. The topological polar surface area (TPSA) is 57.5 Å². The van der Waals surface area contributed by atoms with E-state index >= 15 is 0 Å². The van der Waals surface area contributed by atoms with Crippen LogP contribution in [0.4, 0.5) is 0 Å². The summed E-state index contributed by atoms with van der Waals surface area (Å²) in [5.74, 6) is -0.0161. The zero-order chi connectivity index (χ0) is 18.5. The fourth-order valence-corrected chi connectivity index (χ4v) is 2.66. The molecule has 5 nitrogen and oxygen atoms in total. The number of aromatic nitrogens is 1. The van der Waals surface area contributed by atoms with E-state index in [4.69, 9.17) is 9.47 Å². The van der Waals surface area contributed by atoms with Gasteiger partial charge in [0, 0.05) is 11.8 Å². The number of esters is 1. The van der Waals surface area contributed by atoms with Gasteiger partial charge in [0.2, 0.25) is 0 Å². The number of nitrogens with zero attached hydrogens (tertiary/aromatic N) is 1. The van der Waals surface area contributed by atoms with Gasteiger partial charge < -0.3 is 9.47 Å². The molecule has 0 aliphatic heterocycles. The van der Waals surface area contributed by atoms with Crippen LogP contribution in [-0.4, -0.2) is 30.2 Å². The van der Waals surface area contributed by atoms with Crippen molar-refractivity contribution in [1.82, 2.24) is 4.57 Å². The van der Waals surface area contributed by atoms with Gasteiger partial charge in [-0.2, -0.15) is 0 Å². The van der Waals surface area contributed by atoms with Crippen LogP contribution in [-0.2, 0) is 4.74 Å². The summed E-state index contributed by atoms with van der Waals surface area (Å²) in [6, 6.07) is 18.0. The molecule has 3 aromatic rings. The highest BCUT2D eigenvalue weighted by molar-refractivity contribution is 6.01. The molecule has 0 saturated heterocycles. The van der Waals surface area contributed by atoms with Gasteiger partial charge in [0.15, 0.2) is 0 Å². The van der Waals surface area contributed by atoms with E-state index in [9.17, 15) is 9.59 Å². The predicted molar refractivity (Wildman–Crippen MR) is 98.5 cm³/mol. The van der Waals surface area contributed by atoms with Crippen LogP contribution < -0.4 is 4.74 Å². The number of rotatable bonds is 5. The van der Waals surface area contributed by atoms with E-state index in [1.807, 2.05) is 30.3 Å². The second kappa shape index (κ2) is 7.70. The van der Waals surface area contributed by atoms with E-state index in [-0.39, 0.29) is 12.5 Å². The first-order valence-electron chi connectivity index (χ1n) is 8.27. The van der Waals surface area contributed by atoms with Gasteiger partial charge in [-0.15, -0.1) is 0 Å². The van der Waals surface area contributed by atoms with Crippen LogP contribution in [0.5, 0.6) is 5.75 Å². The van der Waals surface area contributed by atoms with E-state index in [2.05, 4.69) is 0 Å². The third-order valence-corrected chi connectivity index (χ3v) is 3.96. The Kier molecular flexibility index (Phi) is 5.17. The number of carbonyl (C=O) groups excluding carboxylic acids is 2. The third kappa shape index (κ3) is 3.52. The van der Waals surface area contributed by atoms with Crippen molar-refractivity contribution in [2.45, 2.75) is 6.92 Å². The highest BCUT2D eigenvalue weighted by Crippen LogP contribution is 2.24. The molecule has 0 spiro atoms. The van der Waals surface area contributed by atoms with Crippen LogP contribution in [0.3, 0.4) is 0 Å². The molecule has 1 heterocycles. The van der Waals surface area contributed by atoms with Crippen molar-refractivity contribution in [2.24, 2.45) is 0 Å². The van der Waals surface area contributed by atoms with Crippen molar-refractivity contribution >= 4 is 11.9 Å². The maximum Gasteiger partial charge on any atom is 0.339 e. The fourth-order valence-electron chi connectivity index (χ4n) is 2.66. The Balaban J connectivity index is 2.05. The summed E-state index contributed by atoms with van der Waals surface area (Å²) in [5.41, 5.74) is 2.31. The van der Waals surface area contributed by atoms with Gasteiger partial charge in [-0.05, 0) is 42.8 Å². The minimum atomic E-state index is -0.453. The van der Waals surface area contributed by atoms with Gasteiger partial charge in [-0.3, -0.25) is 9.36 Å². The van der Waals surface area contributed by atoms with Crippen molar-refractivity contribution in [3.05, 3.63) is 78.0 Å². The molecule has 0 fully saturated rings. The highest BCUT2D eigenvalue weighted by atomic mass is 16.5. The van der Waals surface area contributed by atoms with Gasteiger partial charge in [-0.25, -0.2) is 4.79 Å². The number of ether oxygens (including phenoxy) is 2. The Bertz CT molecular complexity index is 911. The first-order chi connectivity index (χ1) is 12.6. The van der Waals surface area contributed by atoms with Gasteiger partial charge in [0.1, 0.15) is 5.75 Å². The molecule has 0 bridgehead atoms. The fraction of sp³-hybridized carbons (Fsp3) is 0.143. The maximum absolute atomic E-state index is 13.0. The Morgan fingerprint density at radius 1 is 0.962 bits per heavy atom. The van der Waals surface area contributed by atoms with Crippen molar-refractivity contribution in [1.29, 1.82) is 0 Å². The minimum Gasteiger partial charge on any atom is -0.497 e. The monoisotopic (exact) mass is 349 g/mol. The van der Waals surface area contributed by atoms with E-state index < -0.39 is 5.97 Å². The third-order valence-electron chi connectivity index (χ3n) is 3.96. The van der Waals surface area contributed by atoms with Gasteiger partial charge in [0.25, 0.3) is 5.91 Å². The molecule has 0 aliphatic rings. The van der Waals surface area contributed by atoms with Crippen molar-refractivity contribution in [2.75, 3.05) is 13.7 Å². The van der Waals surface area contributed by atoms with E-state index in [1.54, 1.807) is 44.4 Å². The number of hydrogen-bond donors (Lipinski definition) is 0. The minimum absolute atomic E-state index is 0.234. The van der Waals surface area contributed by atoms with Gasteiger partial charge >= 0.3 is 5.97 Å². The largest absolute Gasteiger partial charge is 0.497 e. The second-order valence-electron chi connectivity index (χ2n) is 5.60. The molecule has 0 atom stereocenters. The van der Waals surface area contributed by atoms with Crippen LogP contribution in [0, 0.1) is 0 Å². The molecule has 0 N–H and O–H groups in total. The smallest absolute Gasteiger partial charge is 0.339 e. The van der Waals surface area contributed by atoms with Gasteiger partial charge in [0.05, 0.1) is 25.0 Å². The Morgan fingerprint density at radius 3 is 2.27 bits per heavy atom. The first kappa shape index (κ1) is 17.5. The molecule has 0 aliphatic carbocycles. The first-order valence-corrected chi connectivity index (χ1v) is 8.27. The Morgan fingerprint density at radius 2 is 1.65 bits per heavy atom. The Hall–Kier alpha value is -3.34. The average Bonchev–Trinajstić information content (AvgIpc) is 3.14. The lowest BCUT2D eigenvalue weighted by molar-refractivity contribution is 0.0526. The Labute approximate surface area is 151 Å². The van der Waals surface area contributed by atoms with E-state index in [0.29, 0.717) is 22.6 Å². The maximum atomic E-state index is 13.0. The molecule has 2 aromatic carbocycles. The van der Waals surface area contributed by atoms with Crippen LogP contribution in [0.2, 0.25) is 0 Å². The SMILES string of the molecule is CCOC(=O)c1cc(-c2ccccc2)n(C(=O)c2ccc(OC)cc2)c1. The van der Waals surface area contributed by atoms with Crippen molar-refractivity contribution in [3.8, 4) is 17.0 Å². The molecular weight excluding hydrogens is 330 g/mol. The zero-order valence-corrected chi connectivity index (χ0v) is 14.6.